The van der Waals surface area contributed by atoms with E-state index in [1.54, 1.807) is 48.5 Å². The van der Waals surface area contributed by atoms with Crippen LogP contribution in [-0.4, -0.2) is 39.3 Å². The first-order chi connectivity index (χ1) is 11.1. The Labute approximate surface area is 133 Å². The molecule has 3 N–H and O–H groups in total. The first-order valence-corrected chi connectivity index (χ1v) is 7.61. The number of aliphatic hydroxyl groups excluding tert-OH is 3. The lowest BCUT2D eigenvalue weighted by atomic mass is 9.82. The van der Waals surface area contributed by atoms with Gasteiger partial charge in [0.2, 0.25) is 0 Å². The van der Waals surface area contributed by atoms with Crippen LogP contribution in [0.3, 0.4) is 0 Å². The zero-order valence-corrected chi connectivity index (χ0v) is 12.4. The van der Waals surface area contributed by atoms with E-state index in [4.69, 9.17) is 0 Å². The van der Waals surface area contributed by atoms with Crippen molar-refractivity contribution in [2.45, 2.75) is 17.7 Å². The van der Waals surface area contributed by atoms with Gasteiger partial charge in [0, 0.05) is 12.1 Å². The number of β-amino-alcohol motifs (C(OH)–C–C–N with tert-alkyl or cyclic N) is 1. The largest absolute Gasteiger partial charge is 0.395 e. The van der Waals surface area contributed by atoms with E-state index >= 15 is 0 Å². The highest BCUT2D eigenvalue weighted by Gasteiger charge is 2.62. The minimum atomic E-state index is -1.28. The molecule has 0 radical (unpaired) electrons. The molecule has 1 spiro atoms. The molecule has 4 rings (SSSR count). The van der Waals surface area contributed by atoms with E-state index in [2.05, 4.69) is 0 Å². The van der Waals surface area contributed by atoms with Crippen molar-refractivity contribution in [2.75, 3.05) is 13.2 Å². The van der Waals surface area contributed by atoms with Crippen molar-refractivity contribution < 1.29 is 20.1 Å². The molecule has 118 valence electrons. The highest BCUT2D eigenvalue weighted by atomic mass is 16.3. The van der Waals surface area contributed by atoms with Crippen molar-refractivity contribution in [2.24, 2.45) is 0 Å². The van der Waals surface area contributed by atoms with Crippen LogP contribution in [0, 0.1) is 0 Å². The third kappa shape index (κ3) is 1.59. The molecule has 2 aromatic carbocycles. The van der Waals surface area contributed by atoms with Crippen LogP contribution in [0.1, 0.15) is 39.3 Å². The molecule has 2 unspecified atom stereocenters. The summed E-state index contributed by atoms with van der Waals surface area (Å²) in [4.78, 5) is 14.2. The molecule has 1 heterocycles. The molecule has 2 aliphatic rings. The van der Waals surface area contributed by atoms with Crippen molar-refractivity contribution in [1.29, 1.82) is 0 Å². The molecule has 1 amide bonds. The predicted octanol–water partition coefficient (Wildman–Crippen LogP) is 1.11. The summed E-state index contributed by atoms with van der Waals surface area (Å²) in [6.07, 6.45) is -2.10. The fraction of sp³-hybridized carbons (Fsp3) is 0.278. The number of aliphatic hydroxyl groups is 3. The van der Waals surface area contributed by atoms with E-state index in [1.165, 1.54) is 4.90 Å². The summed E-state index contributed by atoms with van der Waals surface area (Å²) in [5.74, 6) is -0.277. The molecule has 1 aliphatic heterocycles. The van der Waals surface area contributed by atoms with Crippen LogP contribution in [0.2, 0.25) is 0 Å². The van der Waals surface area contributed by atoms with Gasteiger partial charge in [-0.3, -0.25) is 4.79 Å². The van der Waals surface area contributed by atoms with Crippen LogP contribution >= 0.6 is 0 Å². The SMILES string of the molecule is O=C1c2ccccc2C2(C(O)c3ccccc3C2O)N1CCO. The maximum Gasteiger partial charge on any atom is 0.255 e. The van der Waals surface area contributed by atoms with Crippen molar-refractivity contribution >= 4 is 5.91 Å². The molecule has 0 saturated heterocycles. The zero-order valence-electron chi connectivity index (χ0n) is 12.4. The predicted molar refractivity (Wildman–Crippen MR) is 82.6 cm³/mol. The van der Waals surface area contributed by atoms with Crippen molar-refractivity contribution in [3.05, 3.63) is 70.8 Å². The summed E-state index contributed by atoms with van der Waals surface area (Å²) in [7, 11) is 0. The summed E-state index contributed by atoms with van der Waals surface area (Å²) in [6.45, 7) is -0.188. The van der Waals surface area contributed by atoms with Gasteiger partial charge >= 0.3 is 0 Å². The van der Waals surface area contributed by atoms with Gasteiger partial charge in [0.1, 0.15) is 17.7 Å². The van der Waals surface area contributed by atoms with Crippen LogP contribution in [0.25, 0.3) is 0 Å². The summed E-state index contributed by atoms with van der Waals surface area (Å²) in [5, 5.41) is 31.5. The third-order valence-electron chi connectivity index (χ3n) is 5.02. The Hall–Kier alpha value is -2.21. The van der Waals surface area contributed by atoms with Gasteiger partial charge in [-0.15, -0.1) is 0 Å². The number of hydrogen-bond donors (Lipinski definition) is 3. The number of nitrogens with zero attached hydrogens (tertiary/aromatic N) is 1. The first kappa shape index (κ1) is 14.4. The number of carbonyl (C=O) groups excluding carboxylic acids is 1. The van der Waals surface area contributed by atoms with E-state index in [9.17, 15) is 20.1 Å². The Balaban J connectivity index is 2.00. The number of amides is 1. The van der Waals surface area contributed by atoms with Gasteiger partial charge in [0.15, 0.2) is 0 Å². The highest BCUT2D eigenvalue weighted by molar-refractivity contribution is 6.00. The van der Waals surface area contributed by atoms with E-state index in [1.807, 2.05) is 0 Å². The van der Waals surface area contributed by atoms with E-state index in [-0.39, 0.29) is 19.1 Å². The molecule has 0 saturated carbocycles. The Morgan fingerprint density at radius 2 is 1.52 bits per heavy atom. The molecular weight excluding hydrogens is 294 g/mol. The van der Waals surface area contributed by atoms with Gasteiger partial charge in [-0.05, 0) is 22.8 Å². The van der Waals surface area contributed by atoms with Gasteiger partial charge in [-0.25, -0.2) is 0 Å². The second-order valence-corrected chi connectivity index (χ2v) is 5.99. The molecule has 1 aliphatic carbocycles. The summed E-state index contributed by atoms with van der Waals surface area (Å²) < 4.78 is 0. The maximum absolute atomic E-state index is 12.8. The monoisotopic (exact) mass is 311 g/mol. The number of hydrogen-bond acceptors (Lipinski definition) is 4. The molecule has 0 aromatic heterocycles. The minimum absolute atomic E-state index is 0.0512. The summed E-state index contributed by atoms with van der Waals surface area (Å²) in [5.41, 5.74) is 1.03. The van der Waals surface area contributed by atoms with Gasteiger partial charge in [-0.1, -0.05) is 42.5 Å². The Kier molecular flexibility index (Phi) is 3.06. The smallest absolute Gasteiger partial charge is 0.255 e. The van der Waals surface area contributed by atoms with Crippen LogP contribution in [0.5, 0.6) is 0 Å². The molecule has 0 fully saturated rings. The second-order valence-electron chi connectivity index (χ2n) is 5.99. The maximum atomic E-state index is 12.8. The lowest BCUT2D eigenvalue weighted by Gasteiger charge is -2.41. The normalized spacial score (nSPS) is 28.3. The standard InChI is InChI=1S/C18H17NO4/c20-10-9-19-17(23)13-7-3-4-8-14(13)18(19)15(21)11-5-1-2-6-12(11)16(18)22/h1-8,15-16,20-22H,9-10H2. The molecule has 2 aromatic rings. The highest BCUT2D eigenvalue weighted by Crippen LogP contribution is 2.59. The van der Waals surface area contributed by atoms with Crippen molar-refractivity contribution in [1.82, 2.24) is 4.90 Å². The second kappa shape index (κ2) is 4.89. The molecule has 5 heteroatoms. The van der Waals surface area contributed by atoms with Gasteiger partial charge in [-0.2, -0.15) is 0 Å². The molecule has 23 heavy (non-hydrogen) atoms. The minimum Gasteiger partial charge on any atom is -0.395 e. The summed E-state index contributed by atoms with van der Waals surface area (Å²) in [6, 6.07) is 14.1. The fourth-order valence-corrected chi connectivity index (χ4v) is 4.09. The average Bonchev–Trinajstić information content (AvgIpc) is 2.96. The van der Waals surface area contributed by atoms with Crippen LogP contribution in [0.15, 0.2) is 48.5 Å². The van der Waals surface area contributed by atoms with E-state index in [0.717, 1.165) is 0 Å². The third-order valence-corrected chi connectivity index (χ3v) is 5.02. The van der Waals surface area contributed by atoms with Gasteiger partial charge in [0.05, 0.1) is 6.61 Å². The number of rotatable bonds is 2. The number of benzene rings is 2. The molecule has 0 bridgehead atoms. The lowest BCUT2D eigenvalue weighted by Crippen LogP contribution is -2.50. The van der Waals surface area contributed by atoms with Crippen molar-refractivity contribution in [3.8, 4) is 0 Å². The van der Waals surface area contributed by atoms with Crippen LogP contribution < -0.4 is 0 Å². The summed E-state index contributed by atoms with van der Waals surface area (Å²) >= 11 is 0. The topological polar surface area (TPSA) is 81.0 Å². The van der Waals surface area contributed by atoms with Gasteiger partial charge in [0.25, 0.3) is 5.91 Å². The van der Waals surface area contributed by atoms with E-state index < -0.39 is 17.7 Å². The molecule has 2 atom stereocenters. The Morgan fingerprint density at radius 3 is 2.13 bits per heavy atom. The molecule has 5 nitrogen and oxygen atoms in total. The first-order valence-electron chi connectivity index (χ1n) is 7.61. The molecular formula is C18H17NO4. The van der Waals surface area contributed by atoms with Crippen LogP contribution in [0.4, 0.5) is 0 Å². The Morgan fingerprint density at radius 1 is 0.957 bits per heavy atom. The van der Waals surface area contributed by atoms with Crippen LogP contribution in [-0.2, 0) is 5.54 Å². The van der Waals surface area contributed by atoms with E-state index in [0.29, 0.717) is 22.3 Å². The lowest BCUT2D eigenvalue weighted by molar-refractivity contribution is -0.0795. The van der Waals surface area contributed by atoms with Gasteiger partial charge < -0.3 is 20.2 Å². The number of carbonyl (C=O) groups is 1. The zero-order chi connectivity index (χ0) is 16.2. The number of fused-ring (bicyclic) bond motifs is 3. The van der Waals surface area contributed by atoms with Crippen molar-refractivity contribution in [3.63, 3.8) is 0 Å². The average molecular weight is 311 g/mol. The quantitative estimate of drug-likeness (QED) is 0.776. The fourth-order valence-electron chi connectivity index (χ4n) is 4.09. The Bertz CT molecular complexity index is 759.